The van der Waals surface area contributed by atoms with E-state index in [-0.39, 0.29) is 5.54 Å². The summed E-state index contributed by atoms with van der Waals surface area (Å²) in [5.41, 5.74) is 6.34. The molecule has 0 bridgehead atoms. The van der Waals surface area contributed by atoms with Crippen LogP contribution in [0.4, 0.5) is 0 Å². The van der Waals surface area contributed by atoms with Crippen molar-refractivity contribution in [3.05, 3.63) is 0 Å². The summed E-state index contributed by atoms with van der Waals surface area (Å²) >= 11 is 0. The van der Waals surface area contributed by atoms with Gasteiger partial charge in [-0.3, -0.25) is 9.80 Å². The van der Waals surface area contributed by atoms with E-state index in [0.29, 0.717) is 0 Å². The van der Waals surface area contributed by atoms with Gasteiger partial charge in [-0.05, 0) is 26.7 Å². The maximum atomic E-state index is 6.12. The third-order valence-corrected chi connectivity index (χ3v) is 5.30. The van der Waals surface area contributed by atoms with Crippen LogP contribution in [-0.4, -0.2) is 54.1 Å². The van der Waals surface area contributed by atoms with Crippen LogP contribution in [0.15, 0.2) is 0 Å². The first-order valence-electron chi connectivity index (χ1n) is 8.76. The Morgan fingerprint density at radius 3 is 2.20 bits per heavy atom. The summed E-state index contributed by atoms with van der Waals surface area (Å²) < 4.78 is 0. The van der Waals surface area contributed by atoms with Crippen molar-refractivity contribution in [2.24, 2.45) is 5.73 Å². The van der Waals surface area contributed by atoms with E-state index in [2.05, 4.69) is 37.5 Å². The molecule has 0 aromatic rings. The van der Waals surface area contributed by atoms with Crippen LogP contribution < -0.4 is 5.73 Å². The molecule has 1 saturated heterocycles. The molecule has 1 rings (SSSR count). The molecule has 2 atom stereocenters. The van der Waals surface area contributed by atoms with Gasteiger partial charge in [0.05, 0.1) is 0 Å². The van der Waals surface area contributed by atoms with Crippen molar-refractivity contribution in [1.29, 1.82) is 0 Å². The molecule has 1 fully saturated rings. The maximum Gasteiger partial charge on any atom is 0.0304 e. The average Bonchev–Trinajstić information content (AvgIpc) is 2.50. The number of unbranched alkanes of at least 4 members (excludes halogenated alkanes) is 3. The highest BCUT2D eigenvalue weighted by molar-refractivity contribution is 4.90. The van der Waals surface area contributed by atoms with Crippen molar-refractivity contribution in [3.63, 3.8) is 0 Å². The van der Waals surface area contributed by atoms with Crippen LogP contribution in [0, 0.1) is 0 Å². The smallest absolute Gasteiger partial charge is 0.0304 e. The SMILES string of the molecule is CCCCCCC(C)(CN)N1CCN(C(C)CC)CC1. The lowest BCUT2D eigenvalue weighted by molar-refractivity contribution is 0.0261. The molecule has 0 saturated carbocycles. The minimum Gasteiger partial charge on any atom is -0.329 e. The molecule has 120 valence electrons. The number of rotatable bonds is 9. The van der Waals surface area contributed by atoms with Crippen LogP contribution in [0.1, 0.15) is 66.2 Å². The second-order valence-electron chi connectivity index (χ2n) is 6.79. The zero-order valence-corrected chi connectivity index (χ0v) is 14.3. The van der Waals surface area contributed by atoms with Crippen molar-refractivity contribution < 1.29 is 0 Å². The summed E-state index contributed by atoms with van der Waals surface area (Å²) in [7, 11) is 0. The van der Waals surface area contributed by atoms with Crippen LogP contribution in [0.3, 0.4) is 0 Å². The summed E-state index contributed by atoms with van der Waals surface area (Å²) in [6, 6.07) is 0.728. The topological polar surface area (TPSA) is 32.5 Å². The first-order valence-corrected chi connectivity index (χ1v) is 8.76. The van der Waals surface area contributed by atoms with Crippen molar-refractivity contribution >= 4 is 0 Å². The molecule has 1 aliphatic rings. The fourth-order valence-electron chi connectivity index (χ4n) is 3.28. The van der Waals surface area contributed by atoms with Crippen LogP contribution in [0.25, 0.3) is 0 Å². The van der Waals surface area contributed by atoms with Gasteiger partial charge in [0.15, 0.2) is 0 Å². The van der Waals surface area contributed by atoms with Gasteiger partial charge >= 0.3 is 0 Å². The number of nitrogens with zero attached hydrogens (tertiary/aromatic N) is 2. The van der Waals surface area contributed by atoms with Crippen molar-refractivity contribution in [2.75, 3.05) is 32.7 Å². The summed E-state index contributed by atoms with van der Waals surface area (Å²) in [6.07, 6.45) is 7.87. The van der Waals surface area contributed by atoms with Gasteiger partial charge in [0.25, 0.3) is 0 Å². The Balaban J connectivity index is 2.42. The highest BCUT2D eigenvalue weighted by atomic mass is 15.3. The van der Waals surface area contributed by atoms with E-state index in [1.165, 1.54) is 64.7 Å². The zero-order chi connectivity index (χ0) is 15.0. The van der Waals surface area contributed by atoms with E-state index >= 15 is 0 Å². The molecule has 3 nitrogen and oxygen atoms in total. The molecule has 3 heteroatoms. The second-order valence-corrected chi connectivity index (χ2v) is 6.79. The Bertz CT molecular complexity index is 249. The van der Waals surface area contributed by atoms with Gasteiger partial charge in [-0.2, -0.15) is 0 Å². The Labute approximate surface area is 126 Å². The van der Waals surface area contributed by atoms with E-state index in [1.54, 1.807) is 0 Å². The summed E-state index contributed by atoms with van der Waals surface area (Å²) in [4.78, 5) is 5.28. The maximum absolute atomic E-state index is 6.12. The molecule has 0 aliphatic carbocycles. The minimum absolute atomic E-state index is 0.218. The first kappa shape index (κ1) is 17.9. The quantitative estimate of drug-likeness (QED) is 0.660. The normalized spacial score (nSPS) is 22.6. The number of piperazine rings is 1. The van der Waals surface area contributed by atoms with Crippen molar-refractivity contribution in [2.45, 2.75) is 77.8 Å². The van der Waals surface area contributed by atoms with Crippen LogP contribution in [-0.2, 0) is 0 Å². The second kappa shape index (κ2) is 9.01. The Kier molecular flexibility index (Phi) is 8.08. The van der Waals surface area contributed by atoms with E-state index in [1.807, 2.05) is 0 Å². The number of hydrogen-bond acceptors (Lipinski definition) is 3. The lowest BCUT2D eigenvalue weighted by Gasteiger charge is -2.47. The molecule has 20 heavy (non-hydrogen) atoms. The predicted molar refractivity (Wildman–Crippen MR) is 89.1 cm³/mol. The van der Waals surface area contributed by atoms with Gasteiger partial charge in [0, 0.05) is 44.3 Å². The fraction of sp³-hybridized carbons (Fsp3) is 1.00. The number of hydrogen-bond donors (Lipinski definition) is 1. The monoisotopic (exact) mass is 283 g/mol. The van der Waals surface area contributed by atoms with Crippen LogP contribution in [0.2, 0.25) is 0 Å². The highest BCUT2D eigenvalue weighted by Gasteiger charge is 2.32. The van der Waals surface area contributed by atoms with E-state index in [9.17, 15) is 0 Å². The molecule has 2 unspecified atom stereocenters. The fourth-order valence-corrected chi connectivity index (χ4v) is 3.28. The van der Waals surface area contributed by atoms with Crippen LogP contribution in [0.5, 0.6) is 0 Å². The van der Waals surface area contributed by atoms with Crippen molar-refractivity contribution in [1.82, 2.24) is 9.80 Å². The summed E-state index contributed by atoms with van der Waals surface area (Å²) in [5, 5.41) is 0. The summed E-state index contributed by atoms with van der Waals surface area (Å²) in [6.45, 7) is 14.9. The molecular formula is C17H37N3. The molecule has 0 aromatic heterocycles. The standard InChI is InChI=1S/C17H37N3/c1-5-7-8-9-10-17(4,15-18)20-13-11-19(12-14-20)16(3)6-2/h16H,5-15,18H2,1-4H3. The lowest BCUT2D eigenvalue weighted by Crippen LogP contribution is -2.59. The molecule has 0 aromatic carbocycles. The van der Waals surface area contributed by atoms with Gasteiger partial charge in [0.1, 0.15) is 0 Å². The lowest BCUT2D eigenvalue weighted by atomic mass is 9.91. The molecule has 1 heterocycles. The van der Waals surface area contributed by atoms with E-state index in [4.69, 9.17) is 5.73 Å². The van der Waals surface area contributed by atoms with Crippen LogP contribution >= 0.6 is 0 Å². The first-order chi connectivity index (χ1) is 9.57. The molecular weight excluding hydrogens is 246 g/mol. The van der Waals surface area contributed by atoms with Gasteiger partial charge in [-0.15, -0.1) is 0 Å². The molecule has 0 spiro atoms. The zero-order valence-electron chi connectivity index (χ0n) is 14.3. The third kappa shape index (κ3) is 5.01. The molecule has 2 N–H and O–H groups in total. The number of nitrogens with two attached hydrogens (primary N) is 1. The van der Waals surface area contributed by atoms with Gasteiger partial charge < -0.3 is 5.73 Å². The van der Waals surface area contributed by atoms with Crippen molar-refractivity contribution in [3.8, 4) is 0 Å². The molecule has 0 amide bonds. The Morgan fingerprint density at radius 2 is 1.70 bits per heavy atom. The third-order valence-electron chi connectivity index (χ3n) is 5.30. The Hall–Kier alpha value is -0.120. The van der Waals surface area contributed by atoms with E-state index in [0.717, 1.165) is 12.6 Å². The molecule has 0 radical (unpaired) electrons. The summed E-state index contributed by atoms with van der Waals surface area (Å²) in [5.74, 6) is 0. The molecule has 1 aliphatic heterocycles. The van der Waals surface area contributed by atoms with Gasteiger partial charge in [0.2, 0.25) is 0 Å². The average molecular weight is 284 g/mol. The minimum atomic E-state index is 0.218. The highest BCUT2D eigenvalue weighted by Crippen LogP contribution is 2.24. The van der Waals surface area contributed by atoms with E-state index < -0.39 is 0 Å². The Morgan fingerprint density at radius 1 is 1.05 bits per heavy atom. The predicted octanol–water partition coefficient (Wildman–Crippen LogP) is 3.09. The van der Waals surface area contributed by atoms with Gasteiger partial charge in [-0.25, -0.2) is 0 Å². The van der Waals surface area contributed by atoms with Gasteiger partial charge in [-0.1, -0.05) is 39.5 Å². The largest absolute Gasteiger partial charge is 0.329 e.